The summed E-state index contributed by atoms with van der Waals surface area (Å²) in [5, 5.41) is 0. The Kier molecular flexibility index (Phi) is 6.06. The van der Waals surface area contributed by atoms with E-state index in [0.717, 1.165) is 53.7 Å². The highest BCUT2D eigenvalue weighted by atomic mass is 32.1. The molecule has 1 saturated heterocycles. The summed E-state index contributed by atoms with van der Waals surface area (Å²) in [5.41, 5.74) is 3.12. The van der Waals surface area contributed by atoms with Gasteiger partial charge in [0.1, 0.15) is 23.2 Å². The van der Waals surface area contributed by atoms with Crippen LogP contribution in [0.4, 0.5) is 10.1 Å². The molecule has 1 heterocycles. The van der Waals surface area contributed by atoms with Gasteiger partial charge in [0.05, 0.1) is 5.56 Å². The summed E-state index contributed by atoms with van der Waals surface area (Å²) >= 11 is 5.81. The molecule has 0 radical (unpaired) electrons. The highest BCUT2D eigenvalue weighted by Crippen LogP contribution is 2.24. The smallest absolute Gasteiger partial charge is 0.130 e. The van der Waals surface area contributed by atoms with E-state index in [4.69, 9.17) is 17.0 Å². The van der Waals surface area contributed by atoms with Crippen LogP contribution in [0.1, 0.15) is 11.1 Å². The number of para-hydroxylation sites is 1. The molecular weight excluding hydrogens is 383 g/mol. The number of anilines is 1. The number of benzene rings is 3. The third kappa shape index (κ3) is 4.74. The molecule has 0 atom stereocenters. The largest absolute Gasteiger partial charge is 0.488 e. The molecule has 1 aliphatic rings. The average molecular weight is 407 g/mol. The standard InChI is InChI=1S/C24H23FN2OS/c25-20-10-12-21(13-11-20)26-14-16-27(17-15-26)24(29)22-8-4-5-9-23(22)28-18-19-6-2-1-3-7-19/h1-13H,14-18H2. The van der Waals surface area contributed by atoms with Crippen molar-refractivity contribution in [1.29, 1.82) is 0 Å². The van der Waals surface area contributed by atoms with Crippen LogP contribution in [0.5, 0.6) is 5.75 Å². The quantitative estimate of drug-likeness (QED) is 0.560. The summed E-state index contributed by atoms with van der Waals surface area (Å²) in [7, 11) is 0. The van der Waals surface area contributed by atoms with Gasteiger partial charge in [0.15, 0.2) is 0 Å². The molecule has 3 aromatic rings. The molecule has 0 unspecified atom stereocenters. The lowest BCUT2D eigenvalue weighted by Gasteiger charge is -2.37. The molecule has 0 saturated carbocycles. The van der Waals surface area contributed by atoms with Crippen molar-refractivity contribution in [2.45, 2.75) is 6.61 Å². The maximum atomic E-state index is 13.2. The Bertz CT molecular complexity index is 954. The molecule has 1 fully saturated rings. The molecule has 29 heavy (non-hydrogen) atoms. The first kappa shape index (κ1) is 19.4. The fraction of sp³-hybridized carbons (Fsp3) is 0.208. The molecule has 3 nitrogen and oxygen atoms in total. The van der Waals surface area contributed by atoms with Crippen molar-refractivity contribution in [2.75, 3.05) is 31.1 Å². The minimum Gasteiger partial charge on any atom is -0.488 e. The minimum absolute atomic E-state index is 0.208. The van der Waals surface area contributed by atoms with Crippen molar-refractivity contribution in [3.63, 3.8) is 0 Å². The summed E-state index contributed by atoms with van der Waals surface area (Å²) in [6, 6.07) is 24.7. The first-order valence-corrected chi connectivity index (χ1v) is 10.2. The van der Waals surface area contributed by atoms with Gasteiger partial charge in [-0.1, -0.05) is 54.7 Å². The van der Waals surface area contributed by atoms with E-state index in [-0.39, 0.29) is 5.82 Å². The predicted octanol–water partition coefficient (Wildman–Crippen LogP) is 4.90. The van der Waals surface area contributed by atoms with Gasteiger partial charge in [-0.2, -0.15) is 0 Å². The highest BCUT2D eigenvalue weighted by molar-refractivity contribution is 7.80. The topological polar surface area (TPSA) is 15.7 Å². The van der Waals surface area contributed by atoms with Crippen molar-refractivity contribution in [3.05, 3.63) is 95.8 Å². The second-order valence-corrected chi connectivity index (χ2v) is 7.41. The van der Waals surface area contributed by atoms with Crippen LogP contribution in [-0.4, -0.2) is 36.1 Å². The van der Waals surface area contributed by atoms with Gasteiger partial charge in [-0.3, -0.25) is 0 Å². The zero-order valence-electron chi connectivity index (χ0n) is 16.1. The van der Waals surface area contributed by atoms with Crippen molar-refractivity contribution in [1.82, 2.24) is 4.90 Å². The number of piperazine rings is 1. The van der Waals surface area contributed by atoms with Gasteiger partial charge >= 0.3 is 0 Å². The second kappa shape index (κ2) is 9.05. The van der Waals surface area contributed by atoms with Gasteiger partial charge in [-0.25, -0.2) is 4.39 Å². The summed E-state index contributed by atoms with van der Waals surface area (Å²) in [4.78, 5) is 5.29. The summed E-state index contributed by atoms with van der Waals surface area (Å²) in [5.74, 6) is 0.600. The monoisotopic (exact) mass is 406 g/mol. The molecule has 3 aromatic carbocycles. The number of thiocarbonyl (C=S) groups is 1. The van der Waals surface area contributed by atoms with E-state index in [0.29, 0.717) is 6.61 Å². The first-order valence-electron chi connectivity index (χ1n) is 9.76. The van der Waals surface area contributed by atoms with Crippen LogP contribution < -0.4 is 9.64 Å². The average Bonchev–Trinajstić information content (AvgIpc) is 2.79. The van der Waals surface area contributed by atoms with Gasteiger partial charge < -0.3 is 14.5 Å². The summed E-state index contributed by atoms with van der Waals surface area (Å²) in [6.07, 6.45) is 0. The van der Waals surface area contributed by atoms with Crippen LogP contribution >= 0.6 is 12.2 Å². The third-order valence-corrected chi connectivity index (χ3v) is 5.59. The van der Waals surface area contributed by atoms with Crippen LogP contribution in [-0.2, 0) is 6.61 Å². The third-order valence-electron chi connectivity index (χ3n) is 5.11. The Labute approximate surface area is 176 Å². The maximum absolute atomic E-state index is 13.2. The second-order valence-electron chi connectivity index (χ2n) is 7.03. The molecule has 148 valence electrons. The molecule has 4 rings (SSSR count). The van der Waals surface area contributed by atoms with E-state index >= 15 is 0 Å². The maximum Gasteiger partial charge on any atom is 0.130 e. The van der Waals surface area contributed by atoms with Gasteiger partial charge in [-0.05, 0) is 42.0 Å². The van der Waals surface area contributed by atoms with Crippen molar-refractivity contribution in [2.24, 2.45) is 0 Å². The summed E-state index contributed by atoms with van der Waals surface area (Å²) < 4.78 is 19.2. The Hall–Kier alpha value is -2.92. The van der Waals surface area contributed by atoms with Gasteiger partial charge in [0, 0.05) is 31.9 Å². The van der Waals surface area contributed by atoms with Crippen LogP contribution in [0.25, 0.3) is 0 Å². The van der Waals surface area contributed by atoms with Crippen molar-refractivity contribution in [3.8, 4) is 5.75 Å². The van der Waals surface area contributed by atoms with E-state index in [1.54, 1.807) is 0 Å². The van der Waals surface area contributed by atoms with Crippen molar-refractivity contribution < 1.29 is 9.13 Å². The molecule has 0 aromatic heterocycles. The molecule has 0 N–H and O–H groups in total. The predicted molar refractivity (Wildman–Crippen MR) is 119 cm³/mol. The van der Waals surface area contributed by atoms with E-state index in [1.807, 2.05) is 54.6 Å². The summed E-state index contributed by atoms with van der Waals surface area (Å²) in [6.45, 7) is 3.85. The molecule has 0 spiro atoms. The molecule has 0 amide bonds. The Morgan fingerprint density at radius 2 is 1.48 bits per heavy atom. The van der Waals surface area contributed by atoms with E-state index in [9.17, 15) is 4.39 Å². The van der Waals surface area contributed by atoms with Crippen LogP contribution in [0.2, 0.25) is 0 Å². The normalized spacial score (nSPS) is 14.0. The lowest BCUT2D eigenvalue weighted by Crippen LogP contribution is -2.48. The molecule has 5 heteroatoms. The lowest BCUT2D eigenvalue weighted by molar-refractivity contribution is 0.304. The lowest BCUT2D eigenvalue weighted by atomic mass is 10.1. The zero-order chi connectivity index (χ0) is 20.1. The van der Waals surface area contributed by atoms with Crippen molar-refractivity contribution >= 4 is 22.9 Å². The molecule has 0 bridgehead atoms. The first-order chi connectivity index (χ1) is 14.2. The fourth-order valence-corrected chi connectivity index (χ4v) is 3.85. The molecule has 1 aliphatic heterocycles. The van der Waals surface area contributed by atoms with Gasteiger partial charge in [0.2, 0.25) is 0 Å². The zero-order valence-corrected chi connectivity index (χ0v) is 16.9. The SMILES string of the molecule is Fc1ccc(N2CCN(C(=S)c3ccccc3OCc3ccccc3)CC2)cc1. The molecular formula is C24H23FN2OS. The fourth-order valence-electron chi connectivity index (χ4n) is 3.49. The number of nitrogens with zero attached hydrogens (tertiary/aromatic N) is 2. The van der Waals surface area contributed by atoms with E-state index in [2.05, 4.69) is 21.9 Å². The van der Waals surface area contributed by atoms with E-state index < -0.39 is 0 Å². The Morgan fingerprint density at radius 1 is 0.828 bits per heavy atom. The molecule has 0 aliphatic carbocycles. The van der Waals surface area contributed by atoms with Gasteiger partial charge in [-0.15, -0.1) is 0 Å². The van der Waals surface area contributed by atoms with Crippen LogP contribution in [0.15, 0.2) is 78.9 Å². The minimum atomic E-state index is -0.208. The number of rotatable bonds is 5. The van der Waals surface area contributed by atoms with E-state index in [1.165, 1.54) is 12.1 Å². The number of halogens is 1. The number of hydrogen-bond acceptors (Lipinski definition) is 3. The Balaban J connectivity index is 1.40. The number of ether oxygens (including phenoxy) is 1. The van der Waals surface area contributed by atoms with Gasteiger partial charge in [0.25, 0.3) is 0 Å². The van der Waals surface area contributed by atoms with Crippen LogP contribution in [0, 0.1) is 5.82 Å². The highest BCUT2D eigenvalue weighted by Gasteiger charge is 2.22. The Morgan fingerprint density at radius 3 is 2.21 bits per heavy atom. The number of hydrogen-bond donors (Lipinski definition) is 0. The van der Waals surface area contributed by atoms with Crippen LogP contribution in [0.3, 0.4) is 0 Å².